The second-order valence-electron chi connectivity index (χ2n) is 9.37. The van der Waals surface area contributed by atoms with Crippen molar-refractivity contribution in [2.75, 3.05) is 12.3 Å². The number of thioether (sulfide) groups is 1. The predicted octanol–water partition coefficient (Wildman–Crippen LogP) is 3.51. The van der Waals surface area contributed by atoms with Crippen molar-refractivity contribution in [2.45, 2.75) is 88.3 Å². The molecule has 1 heterocycles. The van der Waals surface area contributed by atoms with Crippen LogP contribution in [0.3, 0.4) is 0 Å². The van der Waals surface area contributed by atoms with Crippen LogP contribution >= 0.6 is 11.8 Å². The molecule has 156 valence electrons. The number of imide groups is 1. The number of hydrogen-bond acceptors (Lipinski definition) is 4. The van der Waals surface area contributed by atoms with Crippen molar-refractivity contribution in [1.29, 1.82) is 0 Å². The maximum atomic E-state index is 12.7. The van der Waals surface area contributed by atoms with Crippen molar-refractivity contribution in [1.82, 2.24) is 10.2 Å². The van der Waals surface area contributed by atoms with E-state index in [-0.39, 0.29) is 28.9 Å². The molecule has 3 amide bonds. The highest BCUT2D eigenvalue weighted by Gasteiger charge is 2.41. The summed E-state index contributed by atoms with van der Waals surface area (Å²) in [4.78, 5) is 39.1. The highest BCUT2D eigenvalue weighted by Crippen LogP contribution is 2.36. The second-order valence-corrected chi connectivity index (χ2v) is 10.6. The Morgan fingerprint density at radius 1 is 0.929 bits per heavy atom. The van der Waals surface area contributed by atoms with Gasteiger partial charge in [-0.3, -0.25) is 19.3 Å². The van der Waals surface area contributed by atoms with Crippen LogP contribution in [0, 0.1) is 17.8 Å². The Kier molecular flexibility index (Phi) is 6.64. The van der Waals surface area contributed by atoms with E-state index in [1.54, 1.807) is 11.8 Å². The maximum Gasteiger partial charge on any atom is 0.242 e. The lowest BCUT2D eigenvalue weighted by Gasteiger charge is -2.30. The summed E-state index contributed by atoms with van der Waals surface area (Å²) in [5, 5.41) is 3.08. The quantitative estimate of drug-likeness (QED) is 0.657. The van der Waals surface area contributed by atoms with Gasteiger partial charge >= 0.3 is 0 Å². The fourth-order valence-electron chi connectivity index (χ4n) is 5.14. The molecule has 1 unspecified atom stereocenters. The van der Waals surface area contributed by atoms with Crippen molar-refractivity contribution in [2.24, 2.45) is 17.8 Å². The molecule has 0 aromatic rings. The first-order valence-electron chi connectivity index (χ1n) is 11.4. The summed E-state index contributed by atoms with van der Waals surface area (Å²) in [5.74, 6) is 2.54. The standard InChI is InChI=1S/C22H34N2O3S/c25-20-12-19(28-14-16-4-3-5-16)22(27)24(20)13-15-8-10-17(11-9-15)21(26)23-18-6-1-2-7-18/h15-19H,1-14H2,(H,23,26). The lowest BCUT2D eigenvalue weighted by atomic mass is 9.81. The summed E-state index contributed by atoms with van der Waals surface area (Å²) in [6, 6.07) is 0.388. The molecule has 3 aliphatic carbocycles. The molecule has 1 saturated heterocycles. The predicted molar refractivity (Wildman–Crippen MR) is 111 cm³/mol. The molecule has 1 atom stereocenters. The van der Waals surface area contributed by atoms with Gasteiger partial charge in [0, 0.05) is 24.9 Å². The normalized spacial score (nSPS) is 32.0. The number of likely N-dealkylation sites (tertiary alicyclic amines) is 1. The minimum Gasteiger partial charge on any atom is -0.353 e. The first-order valence-corrected chi connectivity index (χ1v) is 12.4. The lowest BCUT2D eigenvalue weighted by Crippen LogP contribution is -2.41. The number of rotatable bonds is 7. The van der Waals surface area contributed by atoms with Gasteiger partial charge in [0.25, 0.3) is 0 Å². The zero-order chi connectivity index (χ0) is 19.5. The van der Waals surface area contributed by atoms with E-state index in [0.717, 1.165) is 50.2 Å². The summed E-state index contributed by atoms with van der Waals surface area (Å²) >= 11 is 1.70. The Labute approximate surface area is 172 Å². The van der Waals surface area contributed by atoms with Gasteiger partial charge in [-0.15, -0.1) is 11.8 Å². The molecular weight excluding hydrogens is 372 g/mol. The van der Waals surface area contributed by atoms with Crippen molar-refractivity contribution < 1.29 is 14.4 Å². The van der Waals surface area contributed by atoms with Gasteiger partial charge in [0.05, 0.1) is 5.25 Å². The van der Waals surface area contributed by atoms with E-state index in [1.807, 2.05) is 0 Å². The molecule has 1 N–H and O–H groups in total. The third kappa shape index (κ3) is 4.74. The second kappa shape index (κ2) is 9.19. The first-order chi connectivity index (χ1) is 13.6. The van der Waals surface area contributed by atoms with E-state index in [2.05, 4.69) is 5.32 Å². The molecule has 0 bridgehead atoms. The molecular formula is C22H34N2O3S. The Balaban J connectivity index is 1.20. The van der Waals surface area contributed by atoms with Crippen molar-refractivity contribution in [3.63, 3.8) is 0 Å². The van der Waals surface area contributed by atoms with Gasteiger partial charge in [0.2, 0.25) is 17.7 Å². The van der Waals surface area contributed by atoms with Gasteiger partial charge in [-0.05, 0) is 69.0 Å². The number of hydrogen-bond donors (Lipinski definition) is 1. The number of carbonyl (C=O) groups excluding carboxylic acids is 3. The van der Waals surface area contributed by atoms with E-state index < -0.39 is 0 Å². The monoisotopic (exact) mass is 406 g/mol. The van der Waals surface area contributed by atoms with Crippen molar-refractivity contribution >= 4 is 29.5 Å². The molecule has 4 fully saturated rings. The van der Waals surface area contributed by atoms with Crippen LogP contribution < -0.4 is 5.32 Å². The summed E-state index contributed by atoms with van der Waals surface area (Å²) in [6.07, 6.45) is 12.6. The highest BCUT2D eigenvalue weighted by atomic mass is 32.2. The smallest absolute Gasteiger partial charge is 0.242 e. The SMILES string of the molecule is O=C(NC1CCCC1)C1CCC(CN2C(=O)CC(SCC3CCC3)C2=O)CC1. The summed E-state index contributed by atoms with van der Waals surface area (Å²) in [6.45, 7) is 0.565. The van der Waals surface area contributed by atoms with E-state index in [0.29, 0.717) is 24.9 Å². The Morgan fingerprint density at radius 2 is 1.64 bits per heavy atom. The lowest BCUT2D eigenvalue weighted by molar-refractivity contribution is -0.139. The molecule has 0 aromatic carbocycles. The number of carbonyl (C=O) groups is 3. The van der Waals surface area contributed by atoms with E-state index in [9.17, 15) is 14.4 Å². The van der Waals surface area contributed by atoms with E-state index in [4.69, 9.17) is 0 Å². The van der Waals surface area contributed by atoms with Crippen LogP contribution in [0.2, 0.25) is 0 Å². The molecule has 1 aliphatic heterocycles. The molecule has 0 aromatic heterocycles. The van der Waals surface area contributed by atoms with Crippen LogP contribution in [0.4, 0.5) is 0 Å². The minimum absolute atomic E-state index is 0.0113. The molecule has 3 saturated carbocycles. The Hall–Kier alpha value is -1.04. The fourth-order valence-corrected chi connectivity index (χ4v) is 6.51. The molecule has 5 nitrogen and oxygen atoms in total. The topological polar surface area (TPSA) is 66.5 Å². The zero-order valence-corrected chi connectivity index (χ0v) is 17.7. The van der Waals surface area contributed by atoms with Gasteiger partial charge < -0.3 is 5.32 Å². The third-order valence-corrected chi connectivity index (χ3v) is 8.75. The average molecular weight is 407 g/mol. The number of nitrogens with one attached hydrogen (secondary N) is 1. The average Bonchev–Trinajstić information content (AvgIpc) is 3.25. The first kappa shape index (κ1) is 20.2. The van der Waals surface area contributed by atoms with E-state index in [1.165, 1.54) is 37.0 Å². The van der Waals surface area contributed by atoms with Crippen LogP contribution in [0.1, 0.15) is 77.0 Å². The largest absolute Gasteiger partial charge is 0.353 e. The maximum absolute atomic E-state index is 12.7. The third-order valence-electron chi connectivity index (χ3n) is 7.32. The van der Waals surface area contributed by atoms with Gasteiger partial charge in [0.1, 0.15) is 0 Å². The molecule has 0 spiro atoms. The van der Waals surface area contributed by atoms with Crippen LogP contribution in [0.5, 0.6) is 0 Å². The molecule has 4 aliphatic rings. The van der Waals surface area contributed by atoms with Crippen LogP contribution in [0.25, 0.3) is 0 Å². The number of nitrogens with zero attached hydrogens (tertiary/aromatic N) is 1. The van der Waals surface area contributed by atoms with Crippen LogP contribution in [-0.4, -0.2) is 46.2 Å². The van der Waals surface area contributed by atoms with Gasteiger partial charge in [-0.25, -0.2) is 0 Å². The molecule has 0 radical (unpaired) electrons. The minimum atomic E-state index is -0.151. The van der Waals surface area contributed by atoms with Crippen molar-refractivity contribution in [3.8, 4) is 0 Å². The molecule has 28 heavy (non-hydrogen) atoms. The summed E-state index contributed by atoms with van der Waals surface area (Å²) in [5.41, 5.74) is 0. The van der Waals surface area contributed by atoms with Gasteiger partial charge in [-0.1, -0.05) is 19.3 Å². The van der Waals surface area contributed by atoms with E-state index >= 15 is 0 Å². The van der Waals surface area contributed by atoms with Crippen LogP contribution in [0.15, 0.2) is 0 Å². The summed E-state index contributed by atoms with van der Waals surface area (Å²) < 4.78 is 0. The zero-order valence-electron chi connectivity index (χ0n) is 16.9. The number of amides is 3. The Morgan fingerprint density at radius 3 is 2.29 bits per heavy atom. The molecule has 6 heteroatoms. The fraction of sp³-hybridized carbons (Fsp3) is 0.864. The highest BCUT2D eigenvalue weighted by molar-refractivity contribution is 8.00. The van der Waals surface area contributed by atoms with Crippen molar-refractivity contribution in [3.05, 3.63) is 0 Å². The van der Waals surface area contributed by atoms with Gasteiger partial charge in [0.15, 0.2) is 0 Å². The van der Waals surface area contributed by atoms with Crippen LogP contribution in [-0.2, 0) is 14.4 Å². The van der Waals surface area contributed by atoms with Gasteiger partial charge in [-0.2, -0.15) is 0 Å². The molecule has 4 rings (SSSR count). The Bertz CT molecular complexity index is 593. The summed E-state index contributed by atoms with van der Waals surface area (Å²) in [7, 11) is 0.